The molecule has 0 bridgehead atoms. The Kier molecular flexibility index (Phi) is 4.53. The van der Waals surface area contributed by atoms with Crippen LogP contribution in [-0.4, -0.2) is 25.8 Å². The van der Waals surface area contributed by atoms with Crippen molar-refractivity contribution in [3.63, 3.8) is 0 Å². The summed E-state index contributed by atoms with van der Waals surface area (Å²) < 4.78 is 36.0. The normalized spacial score (nSPS) is 13.4. The van der Waals surface area contributed by atoms with Gasteiger partial charge in [-0.3, -0.25) is 0 Å². The first-order valence-corrected chi connectivity index (χ1v) is 4.75. The number of aliphatic carboxylic acids is 1. The Balaban J connectivity index is 3.00. The van der Waals surface area contributed by atoms with Gasteiger partial charge in [0.1, 0.15) is 12.8 Å². The highest BCUT2D eigenvalue weighted by atomic mass is 19.3. The van der Waals surface area contributed by atoms with Crippen molar-refractivity contribution in [1.29, 1.82) is 0 Å². The van der Waals surface area contributed by atoms with E-state index >= 15 is 0 Å². The van der Waals surface area contributed by atoms with Crippen molar-refractivity contribution >= 4 is 5.97 Å². The van der Waals surface area contributed by atoms with E-state index in [4.69, 9.17) is 4.74 Å². The van der Waals surface area contributed by atoms with E-state index in [0.29, 0.717) is 0 Å². The summed E-state index contributed by atoms with van der Waals surface area (Å²) in [5.41, 5.74) is 0.0405. The molecule has 0 aromatic heterocycles. The largest absolute Gasteiger partial charge is 0.544 e. The standard InChI is InChI=1S/C11H12F2O4/c1-16-7-17-9(11(12,13)10(14)15)8-5-3-2-4-6-8/h2-6,9H,7H2,1H3,(H,14,15)/p-1. The fourth-order valence-corrected chi connectivity index (χ4v) is 1.28. The topological polar surface area (TPSA) is 58.6 Å². The molecule has 4 nitrogen and oxygen atoms in total. The number of rotatable bonds is 6. The Bertz CT molecular complexity index is 367. The third-order valence-electron chi connectivity index (χ3n) is 2.06. The molecule has 1 aromatic rings. The van der Waals surface area contributed by atoms with Crippen molar-refractivity contribution in [3.05, 3.63) is 35.9 Å². The summed E-state index contributed by atoms with van der Waals surface area (Å²) in [6, 6.07) is 7.32. The average molecular weight is 245 g/mol. The molecule has 0 aliphatic heterocycles. The molecule has 0 aliphatic rings. The Morgan fingerprint density at radius 1 is 1.41 bits per heavy atom. The van der Waals surface area contributed by atoms with Crippen LogP contribution in [0.3, 0.4) is 0 Å². The van der Waals surface area contributed by atoms with Gasteiger partial charge in [0, 0.05) is 7.11 Å². The molecule has 0 fully saturated rings. The monoisotopic (exact) mass is 245 g/mol. The van der Waals surface area contributed by atoms with Gasteiger partial charge >= 0.3 is 5.92 Å². The summed E-state index contributed by atoms with van der Waals surface area (Å²) in [7, 11) is 1.25. The van der Waals surface area contributed by atoms with E-state index < -0.39 is 24.8 Å². The lowest BCUT2D eigenvalue weighted by Gasteiger charge is -2.27. The van der Waals surface area contributed by atoms with Crippen LogP contribution >= 0.6 is 0 Å². The minimum atomic E-state index is -4.13. The Morgan fingerprint density at radius 3 is 2.47 bits per heavy atom. The summed E-state index contributed by atoms with van der Waals surface area (Å²) in [5, 5.41) is 10.4. The van der Waals surface area contributed by atoms with Crippen molar-refractivity contribution in [3.8, 4) is 0 Å². The molecule has 0 saturated carbocycles. The molecule has 0 aliphatic carbocycles. The highest BCUT2D eigenvalue weighted by Crippen LogP contribution is 2.34. The molecular weight excluding hydrogens is 234 g/mol. The SMILES string of the molecule is COCOC(c1ccccc1)C(F)(F)C(=O)[O-]. The minimum absolute atomic E-state index is 0.0405. The van der Waals surface area contributed by atoms with Crippen LogP contribution in [-0.2, 0) is 14.3 Å². The predicted molar refractivity (Wildman–Crippen MR) is 52.1 cm³/mol. The molecule has 0 heterocycles. The number of carboxylic acids is 1. The number of benzene rings is 1. The maximum absolute atomic E-state index is 13.4. The molecule has 17 heavy (non-hydrogen) atoms. The fraction of sp³-hybridized carbons (Fsp3) is 0.364. The van der Waals surface area contributed by atoms with Gasteiger partial charge in [0.15, 0.2) is 6.10 Å². The van der Waals surface area contributed by atoms with Crippen molar-refractivity contribution in [1.82, 2.24) is 0 Å². The number of methoxy groups -OCH3 is 1. The number of carbonyl (C=O) groups excluding carboxylic acids is 1. The van der Waals surface area contributed by atoms with Gasteiger partial charge in [0.25, 0.3) is 0 Å². The number of alkyl halides is 2. The number of carbonyl (C=O) groups is 1. The number of hydrogen-bond acceptors (Lipinski definition) is 4. The average Bonchev–Trinajstić information content (AvgIpc) is 2.30. The second-order valence-corrected chi connectivity index (χ2v) is 3.27. The summed E-state index contributed by atoms with van der Waals surface area (Å²) in [6.07, 6.45) is -1.94. The smallest absolute Gasteiger partial charge is 0.316 e. The number of carboxylic acid groups (broad SMARTS) is 1. The highest BCUT2D eigenvalue weighted by molar-refractivity contribution is 5.74. The van der Waals surface area contributed by atoms with E-state index in [1.165, 1.54) is 31.4 Å². The molecule has 0 spiro atoms. The van der Waals surface area contributed by atoms with E-state index in [1.807, 2.05) is 0 Å². The van der Waals surface area contributed by atoms with Gasteiger partial charge in [0.2, 0.25) is 0 Å². The Morgan fingerprint density at radius 2 is 2.00 bits per heavy atom. The number of ether oxygens (including phenoxy) is 2. The van der Waals surface area contributed by atoms with Crippen LogP contribution < -0.4 is 5.11 Å². The minimum Gasteiger partial charge on any atom is -0.544 e. The van der Waals surface area contributed by atoms with Gasteiger partial charge in [-0.1, -0.05) is 30.3 Å². The first-order valence-electron chi connectivity index (χ1n) is 4.75. The molecule has 0 N–H and O–H groups in total. The summed E-state index contributed by atoms with van der Waals surface area (Å²) in [5.74, 6) is -6.61. The zero-order chi connectivity index (χ0) is 12.9. The van der Waals surface area contributed by atoms with Crippen molar-refractivity contribution in [2.75, 3.05) is 13.9 Å². The second kappa shape index (κ2) is 5.70. The van der Waals surface area contributed by atoms with Gasteiger partial charge in [-0.05, 0) is 5.56 Å². The van der Waals surface area contributed by atoms with E-state index in [1.54, 1.807) is 6.07 Å². The highest BCUT2D eigenvalue weighted by Gasteiger charge is 2.43. The third kappa shape index (κ3) is 3.21. The molecule has 1 aromatic carbocycles. The number of halogens is 2. The van der Waals surface area contributed by atoms with Crippen LogP contribution in [0.25, 0.3) is 0 Å². The lowest BCUT2D eigenvalue weighted by atomic mass is 10.0. The van der Waals surface area contributed by atoms with Crippen LogP contribution in [0.1, 0.15) is 11.7 Å². The van der Waals surface area contributed by atoms with Gasteiger partial charge in [0.05, 0.1) is 0 Å². The van der Waals surface area contributed by atoms with Gasteiger partial charge in [-0.2, -0.15) is 8.78 Å². The van der Waals surface area contributed by atoms with E-state index in [-0.39, 0.29) is 5.56 Å². The van der Waals surface area contributed by atoms with Crippen LogP contribution in [0, 0.1) is 0 Å². The predicted octanol–water partition coefficient (Wildman–Crippen LogP) is 0.733. The zero-order valence-corrected chi connectivity index (χ0v) is 9.06. The fourth-order valence-electron chi connectivity index (χ4n) is 1.28. The quantitative estimate of drug-likeness (QED) is 0.693. The van der Waals surface area contributed by atoms with Crippen LogP contribution in [0.5, 0.6) is 0 Å². The summed E-state index contributed by atoms with van der Waals surface area (Å²) in [4.78, 5) is 10.4. The van der Waals surface area contributed by atoms with Crippen molar-refractivity contribution < 1.29 is 28.2 Å². The molecule has 1 rings (SSSR count). The molecule has 0 radical (unpaired) electrons. The van der Waals surface area contributed by atoms with E-state index in [0.717, 1.165) is 0 Å². The third-order valence-corrected chi connectivity index (χ3v) is 2.06. The van der Waals surface area contributed by atoms with Crippen LogP contribution in [0.2, 0.25) is 0 Å². The summed E-state index contributed by atoms with van der Waals surface area (Å²) in [6.45, 7) is -0.442. The lowest BCUT2D eigenvalue weighted by Crippen LogP contribution is -2.46. The first kappa shape index (κ1) is 13.5. The van der Waals surface area contributed by atoms with Crippen molar-refractivity contribution in [2.24, 2.45) is 0 Å². The maximum Gasteiger partial charge on any atom is 0.316 e. The molecule has 6 heteroatoms. The number of hydrogen-bond donors (Lipinski definition) is 0. The first-order chi connectivity index (χ1) is 8.00. The van der Waals surface area contributed by atoms with Gasteiger partial charge in [-0.25, -0.2) is 0 Å². The van der Waals surface area contributed by atoms with Crippen LogP contribution in [0.4, 0.5) is 8.78 Å². The maximum atomic E-state index is 13.4. The van der Waals surface area contributed by atoms with Crippen molar-refractivity contribution in [2.45, 2.75) is 12.0 Å². The summed E-state index contributed by atoms with van der Waals surface area (Å²) >= 11 is 0. The molecular formula is C11H11F2O4-. The molecule has 94 valence electrons. The second-order valence-electron chi connectivity index (χ2n) is 3.27. The van der Waals surface area contributed by atoms with E-state index in [9.17, 15) is 18.7 Å². The van der Waals surface area contributed by atoms with Gasteiger partial charge in [-0.15, -0.1) is 0 Å². The zero-order valence-electron chi connectivity index (χ0n) is 9.06. The molecule has 0 amide bonds. The lowest BCUT2D eigenvalue weighted by molar-refractivity contribution is -0.339. The van der Waals surface area contributed by atoms with Gasteiger partial charge < -0.3 is 19.4 Å². The molecule has 0 saturated heterocycles. The van der Waals surface area contributed by atoms with E-state index in [2.05, 4.69) is 4.74 Å². The molecule has 1 unspecified atom stereocenters. The molecule has 1 atom stereocenters. The van der Waals surface area contributed by atoms with Crippen LogP contribution in [0.15, 0.2) is 30.3 Å². The Hall–Kier alpha value is -1.53. The Labute approximate surface area is 96.8 Å².